The van der Waals surface area contributed by atoms with E-state index in [2.05, 4.69) is 24.2 Å². The maximum atomic E-state index is 5.83. The van der Waals surface area contributed by atoms with Crippen molar-refractivity contribution in [1.82, 2.24) is 0 Å². The number of hydrogen-bond donors (Lipinski definition) is 2. The van der Waals surface area contributed by atoms with Crippen molar-refractivity contribution in [2.45, 2.75) is 13.8 Å². The Labute approximate surface area is 125 Å². The van der Waals surface area contributed by atoms with Gasteiger partial charge < -0.3 is 15.8 Å². The lowest BCUT2D eigenvalue weighted by molar-refractivity contribution is -0.0944. The molecule has 0 radical (unpaired) electrons. The number of aliphatic imine (C=N–C) groups is 1. The van der Waals surface area contributed by atoms with Crippen LogP contribution in [0, 0.1) is 12.3 Å². The summed E-state index contributed by atoms with van der Waals surface area (Å²) in [5, 5.41) is 3.08. The van der Waals surface area contributed by atoms with Crippen LogP contribution >= 0.6 is 24.0 Å². The summed E-state index contributed by atoms with van der Waals surface area (Å²) in [5.41, 5.74) is 8.19. The number of nitrogens with two attached hydrogens (primary N) is 1. The fraction of sp³-hybridized carbons (Fsp3) is 0.462. The molecule has 18 heavy (non-hydrogen) atoms. The van der Waals surface area contributed by atoms with Gasteiger partial charge in [0.1, 0.15) is 0 Å². The number of anilines is 1. The lowest BCUT2D eigenvalue weighted by atomic mass is 9.89. The minimum Gasteiger partial charge on any atom is -0.380 e. The molecule has 2 rings (SSSR count). The van der Waals surface area contributed by atoms with E-state index >= 15 is 0 Å². The van der Waals surface area contributed by atoms with Gasteiger partial charge in [0.05, 0.1) is 19.8 Å². The number of rotatable bonds is 3. The predicted molar refractivity (Wildman–Crippen MR) is 85.6 cm³/mol. The maximum absolute atomic E-state index is 5.83. The van der Waals surface area contributed by atoms with E-state index in [0.29, 0.717) is 12.5 Å². The molecule has 0 spiro atoms. The molecule has 0 aliphatic carbocycles. The minimum absolute atomic E-state index is 0. The smallest absolute Gasteiger partial charge is 0.193 e. The van der Waals surface area contributed by atoms with Crippen molar-refractivity contribution < 1.29 is 4.74 Å². The van der Waals surface area contributed by atoms with Gasteiger partial charge in [0.2, 0.25) is 0 Å². The van der Waals surface area contributed by atoms with E-state index in [1.165, 1.54) is 5.56 Å². The Morgan fingerprint density at radius 2 is 2.00 bits per heavy atom. The highest BCUT2D eigenvalue weighted by atomic mass is 127. The van der Waals surface area contributed by atoms with Gasteiger partial charge in [-0.15, -0.1) is 24.0 Å². The van der Waals surface area contributed by atoms with Crippen LogP contribution in [0.2, 0.25) is 0 Å². The Hall–Kier alpha value is -0.820. The number of aryl methyl sites for hydroxylation is 1. The molecule has 1 aromatic rings. The zero-order valence-corrected chi connectivity index (χ0v) is 13.1. The summed E-state index contributed by atoms with van der Waals surface area (Å²) in [6.45, 7) is 6.46. The van der Waals surface area contributed by atoms with E-state index in [-0.39, 0.29) is 29.4 Å². The number of nitrogens with one attached hydrogen (secondary N) is 1. The lowest BCUT2D eigenvalue weighted by Gasteiger charge is -2.36. The third-order valence-corrected chi connectivity index (χ3v) is 2.86. The summed E-state index contributed by atoms with van der Waals surface area (Å²) in [7, 11) is 0. The van der Waals surface area contributed by atoms with Crippen molar-refractivity contribution in [3.8, 4) is 0 Å². The van der Waals surface area contributed by atoms with Crippen molar-refractivity contribution >= 4 is 35.6 Å². The van der Waals surface area contributed by atoms with Gasteiger partial charge in [-0.2, -0.15) is 0 Å². The molecule has 4 nitrogen and oxygen atoms in total. The van der Waals surface area contributed by atoms with Gasteiger partial charge in [-0.1, -0.05) is 24.6 Å². The molecule has 0 atom stereocenters. The van der Waals surface area contributed by atoms with Gasteiger partial charge in [-0.25, -0.2) is 0 Å². The fourth-order valence-corrected chi connectivity index (χ4v) is 1.64. The summed E-state index contributed by atoms with van der Waals surface area (Å²) >= 11 is 0. The molecule has 1 aliphatic heterocycles. The van der Waals surface area contributed by atoms with Gasteiger partial charge >= 0.3 is 0 Å². The van der Waals surface area contributed by atoms with Crippen molar-refractivity contribution in [1.29, 1.82) is 0 Å². The van der Waals surface area contributed by atoms with Crippen molar-refractivity contribution in [2.24, 2.45) is 16.1 Å². The van der Waals surface area contributed by atoms with Crippen LogP contribution in [0.15, 0.2) is 29.3 Å². The highest BCUT2D eigenvalue weighted by Crippen LogP contribution is 2.26. The molecule has 5 heteroatoms. The molecule has 3 N–H and O–H groups in total. The SMILES string of the molecule is Cc1ccc(NC(N)=NCC2(C)COC2)cc1.I. The molecule has 0 amide bonds. The zero-order chi connectivity index (χ0) is 12.3. The van der Waals surface area contributed by atoms with Crippen LogP contribution < -0.4 is 11.1 Å². The predicted octanol–water partition coefficient (Wildman–Crippen LogP) is 2.38. The Kier molecular flexibility index (Phi) is 5.40. The van der Waals surface area contributed by atoms with Gasteiger partial charge in [-0.05, 0) is 19.1 Å². The molecule has 1 fully saturated rings. The normalized spacial score (nSPS) is 17.6. The largest absolute Gasteiger partial charge is 0.380 e. The first-order valence-corrected chi connectivity index (χ1v) is 5.79. The number of benzene rings is 1. The summed E-state index contributed by atoms with van der Waals surface area (Å²) in [6, 6.07) is 8.06. The first-order valence-electron chi connectivity index (χ1n) is 5.79. The number of halogens is 1. The van der Waals surface area contributed by atoms with E-state index in [0.717, 1.165) is 18.9 Å². The average Bonchev–Trinajstić information content (AvgIpc) is 2.27. The molecular formula is C13H20IN3O. The fourth-order valence-electron chi connectivity index (χ4n) is 1.64. The Bertz CT molecular complexity index is 413. The summed E-state index contributed by atoms with van der Waals surface area (Å²) in [4.78, 5) is 4.34. The quantitative estimate of drug-likeness (QED) is 0.494. The van der Waals surface area contributed by atoms with E-state index in [1.54, 1.807) is 0 Å². The van der Waals surface area contributed by atoms with Crippen LogP contribution in [0.5, 0.6) is 0 Å². The second-order valence-electron chi connectivity index (χ2n) is 5.00. The Balaban J connectivity index is 0.00000162. The summed E-state index contributed by atoms with van der Waals surface area (Å²) in [6.07, 6.45) is 0. The molecule has 1 saturated heterocycles. The first-order chi connectivity index (χ1) is 8.07. The standard InChI is InChI=1S/C13H19N3O.HI/c1-10-3-5-11(6-4-10)16-12(14)15-7-13(2)8-17-9-13;/h3-6H,7-9H2,1-2H3,(H3,14,15,16);1H. The van der Waals surface area contributed by atoms with E-state index in [4.69, 9.17) is 10.5 Å². The second kappa shape index (κ2) is 6.38. The molecule has 0 aromatic heterocycles. The van der Waals surface area contributed by atoms with Crippen molar-refractivity contribution in [3.05, 3.63) is 29.8 Å². The summed E-state index contributed by atoms with van der Waals surface area (Å²) in [5.74, 6) is 0.460. The molecule has 1 aromatic carbocycles. The zero-order valence-electron chi connectivity index (χ0n) is 10.8. The Morgan fingerprint density at radius 1 is 1.39 bits per heavy atom. The second-order valence-corrected chi connectivity index (χ2v) is 5.00. The van der Waals surface area contributed by atoms with E-state index in [9.17, 15) is 0 Å². The third kappa shape index (κ3) is 4.13. The van der Waals surface area contributed by atoms with Crippen LogP contribution in [0.25, 0.3) is 0 Å². The van der Waals surface area contributed by atoms with Crippen LogP contribution in [-0.2, 0) is 4.74 Å². The van der Waals surface area contributed by atoms with Gasteiger partial charge in [0.25, 0.3) is 0 Å². The molecule has 0 saturated carbocycles. The van der Waals surface area contributed by atoms with Gasteiger partial charge in [-0.3, -0.25) is 4.99 Å². The monoisotopic (exact) mass is 361 g/mol. The average molecular weight is 361 g/mol. The maximum Gasteiger partial charge on any atom is 0.193 e. The Morgan fingerprint density at radius 3 is 2.50 bits per heavy atom. The first kappa shape index (κ1) is 15.2. The van der Waals surface area contributed by atoms with Crippen LogP contribution in [0.1, 0.15) is 12.5 Å². The molecule has 0 bridgehead atoms. The molecule has 1 heterocycles. The third-order valence-electron chi connectivity index (χ3n) is 2.86. The number of ether oxygens (including phenoxy) is 1. The van der Waals surface area contributed by atoms with Crippen LogP contribution in [-0.4, -0.2) is 25.7 Å². The molecule has 1 aliphatic rings. The van der Waals surface area contributed by atoms with Crippen LogP contribution in [0.4, 0.5) is 5.69 Å². The summed E-state index contributed by atoms with van der Waals surface area (Å²) < 4.78 is 5.17. The topological polar surface area (TPSA) is 59.6 Å². The van der Waals surface area contributed by atoms with Crippen molar-refractivity contribution in [2.75, 3.05) is 25.1 Å². The van der Waals surface area contributed by atoms with E-state index in [1.807, 2.05) is 24.3 Å². The number of guanidine groups is 1. The van der Waals surface area contributed by atoms with Gasteiger partial charge in [0, 0.05) is 11.1 Å². The highest BCUT2D eigenvalue weighted by molar-refractivity contribution is 14.0. The minimum atomic E-state index is 0. The highest BCUT2D eigenvalue weighted by Gasteiger charge is 2.32. The molecular weight excluding hydrogens is 341 g/mol. The molecule has 100 valence electrons. The number of nitrogens with zero attached hydrogens (tertiary/aromatic N) is 1. The van der Waals surface area contributed by atoms with E-state index < -0.39 is 0 Å². The molecule has 0 unspecified atom stereocenters. The lowest BCUT2D eigenvalue weighted by Crippen LogP contribution is -2.43. The van der Waals surface area contributed by atoms with Crippen molar-refractivity contribution in [3.63, 3.8) is 0 Å². The van der Waals surface area contributed by atoms with Crippen LogP contribution in [0.3, 0.4) is 0 Å². The van der Waals surface area contributed by atoms with Gasteiger partial charge in [0.15, 0.2) is 5.96 Å². The number of hydrogen-bond acceptors (Lipinski definition) is 2.